The smallest absolute Gasteiger partial charge is 0.290 e. The summed E-state index contributed by atoms with van der Waals surface area (Å²) in [6.45, 7) is 3.42. The average molecular weight is 247 g/mol. The molecule has 0 aromatic heterocycles. The topological polar surface area (TPSA) is 58.6 Å². The van der Waals surface area contributed by atoms with Gasteiger partial charge in [0.05, 0.1) is 13.2 Å². The molecule has 2 aliphatic heterocycles. The summed E-state index contributed by atoms with van der Waals surface area (Å²) in [7, 11) is 0. The van der Waals surface area contributed by atoms with E-state index in [1.807, 2.05) is 0 Å². The van der Waals surface area contributed by atoms with E-state index in [4.69, 9.17) is 14.6 Å². The van der Waals surface area contributed by atoms with Gasteiger partial charge in [0.25, 0.3) is 6.47 Å². The second-order valence-corrected chi connectivity index (χ2v) is 4.28. The molecule has 4 heteroatoms. The van der Waals surface area contributed by atoms with Gasteiger partial charge in [-0.25, -0.2) is 0 Å². The molecule has 0 atom stereocenters. The van der Waals surface area contributed by atoms with Crippen molar-refractivity contribution in [3.05, 3.63) is 41.0 Å². The highest BCUT2D eigenvalue weighted by molar-refractivity contribution is 5.68. The Bertz CT molecular complexity index is 454. The van der Waals surface area contributed by atoms with Crippen molar-refractivity contribution in [3.8, 4) is 0 Å². The summed E-state index contributed by atoms with van der Waals surface area (Å²) in [4.78, 5) is 8.36. The fourth-order valence-corrected chi connectivity index (χ4v) is 2.24. The Hall–Kier alpha value is -1.65. The molecular formula is C14H17NO3. The van der Waals surface area contributed by atoms with Gasteiger partial charge in [-0.05, 0) is 41.3 Å². The molecule has 0 aliphatic carbocycles. The van der Waals surface area contributed by atoms with E-state index in [-0.39, 0.29) is 6.47 Å². The van der Waals surface area contributed by atoms with E-state index < -0.39 is 0 Å². The first kappa shape index (κ1) is 12.8. The molecule has 4 nitrogen and oxygen atoms in total. The van der Waals surface area contributed by atoms with Crippen molar-refractivity contribution < 1.29 is 14.6 Å². The molecule has 2 heterocycles. The van der Waals surface area contributed by atoms with Crippen LogP contribution in [0.1, 0.15) is 23.1 Å². The van der Waals surface area contributed by atoms with E-state index in [0.29, 0.717) is 0 Å². The minimum absolute atomic E-state index is 0.250. The Balaban J connectivity index is 0.000000367. The van der Waals surface area contributed by atoms with E-state index in [1.165, 1.54) is 22.3 Å². The minimum atomic E-state index is -0.250. The predicted octanol–water partition coefficient (Wildman–Crippen LogP) is 1.79. The molecule has 2 N–H and O–H groups in total. The van der Waals surface area contributed by atoms with Crippen LogP contribution < -0.4 is 5.32 Å². The van der Waals surface area contributed by atoms with Gasteiger partial charge >= 0.3 is 0 Å². The SMILES string of the molecule is C1=C(c2ccc3c(c2)COC3)CNCC1.O=CO. The molecule has 0 saturated heterocycles. The van der Waals surface area contributed by atoms with Gasteiger partial charge < -0.3 is 15.2 Å². The van der Waals surface area contributed by atoms with Crippen molar-refractivity contribution in [3.63, 3.8) is 0 Å². The summed E-state index contributed by atoms with van der Waals surface area (Å²) in [6.07, 6.45) is 3.48. The highest BCUT2D eigenvalue weighted by Gasteiger charge is 2.13. The number of nitrogens with one attached hydrogen (secondary N) is 1. The minimum Gasteiger partial charge on any atom is -0.483 e. The average Bonchev–Trinajstić information content (AvgIpc) is 2.88. The lowest BCUT2D eigenvalue weighted by molar-refractivity contribution is -0.122. The fraction of sp³-hybridized carbons (Fsp3) is 0.357. The number of rotatable bonds is 1. The summed E-state index contributed by atoms with van der Waals surface area (Å²) >= 11 is 0. The largest absolute Gasteiger partial charge is 0.483 e. The van der Waals surface area contributed by atoms with Gasteiger partial charge in [0.2, 0.25) is 0 Å². The number of fused-ring (bicyclic) bond motifs is 1. The fourth-order valence-electron chi connectivity index (χ4n) is 2.24. The van der Waals surface area contributed by atoms with Gasteiger partial charge in [0, 0.05) is 6.54 Å². The zero-order chi connectivity index (χ0) is 12.8. The molecule has 1 aromatic rings. The van der Waals surface area contributed by atoms with Crippen LogP contribution >= 0.6 is 0 Å². The lowest BCUT2D eigenvalue weighted by Gasteiger charge is -2.15. The third-order valence-electron chi connectivity index (χ3n) is 3.12. The van der Waals surface area contributed by atoms with Crippen LogP contribution in [0.25, 0.3) is 5.57 Å². The van der Waals surface area contributed by atoms with Crippen LogP contribution in [0.15, 0.2) is 24.3 Å². The summed E-state index contributed by atoms with van der Waals surface area (Å²) in [5.74, 6) is 0. The Morgan fingerprint density at radius 1 is 1.28 bits per heavy atom. The second-order valence-electron chi connectivity index (χ2n) is 4.28. The van der Waals surface area contributed by atoms with Crippen LogP contribution in [0.2, 0.25) is 0 Å². The van der Waals surface area contributed by atoms with Gasteiger partial charge in [-0.1, -0.05) is 18.2 Å². The first-order valence-electron chi connectivity index (χ1n) is 6.02. The van der Waals surface area contributed by atoms with Crippen LogP contribution in [-0.4, -0.2) is 24.7 Å². The standard InChI is InChI=1S/C13H15NO.CH2O2/c1-2-11(7-14-5-1)10-3-4-12-8-15-9-13(12)6-10;2-1-3/h2-4,6,14H,1,5,7-9H2;1H,(H,2,3). The van der Waals surface area contributed by atoms with Gasteiger partial charge in [0.15, 0.2) is 0 Å². The number of hydrogen-bond donors (Lipinski definition) is 2. The normalized spacial score (nSPS) is 17.2. The molecule has 18 heavy (non-hydrogen) atoms. The highest BCUT2D eigenvalue weighted by atomic mass is 16.5. The van der Waals surface area contributed by atoms with Crippen LogP contribution in [-0.2, 0) is 22.7 Å². The summed E-state index contributed by atoms with van der Waals surface area (Å²) < 4.78 is 5.42. The van der Waals surface area contributed by atoms with Gasteiger partial charge in [0.1, 0.15) is 0 Å². The lowest BCUT2D eigenvalue weighted by Crippen LogP contribution is -2.21. The van der Waals surface area contributed by atoms with Crippen LogP contribution in [0.4, 0.5) is 0 Å². The van der Waals surface area contributed by atoms with Crippen LogP contribution in [0.5, 0.6) is 0 Å². The van der Waals surface area contributed by atoms with Crippen LogP contribution in [0.3, 0.4) is 0 Å². The van der Waals surface area contributed by atoms with Crippen molar-refractivity contribution >= 4 is 12.0 Å². The molecule has 3 rings (SSSR count). The number of hydrogen-bond acceptors (Lipinski definition) is 3. The first-order chi connectivity index (χ1) is 8.85. The number of ether oxygens (including phenoxy) is 1. The van der Waals surface area contributed by atoms with Crippen LogP contribution in [0, 0.1) is 0 Å². The molecule has 0 fully saturated rings. The molecule has 0 unspecified atom stereocenters. The van der Waals surface area contributed by atoms with E-state index in [9.17, 15) is 0 Å². The maximum atomic E-state index is 8.36. The van der Waals surface area contributed by atoms with Crippen molar-refractivity contribution in [1.29, 1.82) is 0 Å². The summed E-state index contributed by atoms with van der Waals surface area (Å²) in [5, 5.41) is 10.3. The Morgan fingerprint density at radius 2 is 2.06 bits per heavy atom. The quantitative estimate of drug-likeness (QED) is 0.743. The molecule has 0 saturated carbocycles. The van der Waals surface area contributed by atoms with Gasteiger partial charge in [-0.3, -0.25) is 4.79 Å². The van der Waals surface area contributed by atoms with Gasteiger partial charge in [-0.2, -0.15) is 0 Å². The Labute approximate surface area is 106 Å². The van der Waals surface area contributed by atoms with Crippen molar-refractivity contribution in [1.82, 2.24) is 5.32 Å². The summed E-state index contributed by atoms with van der Waals surface area (Å²) in [5.41, 5.74) is 5.49. The molecule has 1 aromatic carbocycles. The van der Waals surface area contributed by atoms with Crippen molar-refractivity contribution in [2.45, 2.75) is 19.6 Å². The molecule has 2 aliphatic rings. The number of carbonyl (C=O) groups is 1. The van der Waals surface area contributed by atoms with Crippen molar-refractivity contribution in [2.75, 3.05) is 13.1 Å². The maximum Gasteiger partial charge on any atom is 0.290 e. The van der Waals surface area contributed by atoms with E-state index >= 15 is 0 Å². The molecule has 0 radical (unpaired) electrons. The number of benzene rings is 1. The zero-order valence-corrected chi connectivity index (χ0v) is 10.2. The van der Waals surface area contributed by atoms with Gasteiger partial charge in [-0.15, -0.1) is 0 Å². The van der Waals surface area contributed by atoms with E-state index in [0.717, 1.165) is 32.7 Å². The second kappa shape index (κ2) is 6.33. The molecule has 96 valence electrons. The highest BCUT2D eigenvalue weighted by Crippen LogP contribution is 2.25. The predicted molar refractivity (Wildman–Crippen MR) is 69.1 cm³/mol. The zero-order valence-electron chi connectivity index (χ0n) is 10.2. The molecule has 0 spiro atoms. The Morgan fingerprint density at radius 3 is 2.78 bits per heavy atom. The maximum absolute atomic E-state index is 8.36. The summed E-state index contributed by atoms with van der Waals surface area (Å²) in [6, 6.07) is 6.70. The molecule has 0 amide bonds. The molecule has 0 bridgehead atoms. The Kier molecular flexibility index (Phi) is 4.50. The number of carboxylic acid groups (broad SMARTS) is 1. The third-order valence-corrected chi connectivity index (χ3v) is 3.12. The first-order valence-corrected chi connectivity index (χ1v) is 6.02. The van der Waals surface area contributed by atoms with Crippen molar-refractivity contribution in [2.24, 2.45) is 0 Å². The third kappa shape index (κ3) is 2.97. The van der Waals surface area contributed by atoms with E-state index in [1.54, 1.807) is 0 Å². The molecular weight excluding hydrogens is 230 g/mol. The van der Waals surface area contributed by atoms with E-state index in [2.05, 4.69) is 29.6 Å². The monoisotopic (exact) mass is 247 g/mol. The lowest BCUT2D eigenvalue weighted by atomic mass is 9.98.